The van der Waals surface area contributed by atoms with Crippen molar-refractivity contribution in [1.29, 1.82) is 0 Å². The summed E-state index contributed by atoms with van der Waals surface area (Å²) in [7, 11) is 2.20. The van der Waals surface area contributed by atoms with Crippen LogP contribution in [0, 0.1) is 11.8 Å². The van der Waals surface area contributed by atoms with Crippen LogP contribution in [-0.4, -0.2) is 29.7 Å². The molecule has 1 fully saturated rings. The minimum absolute atomic E-state index is 0.136. The van der Waals surface area contributed by atoms with Gasteiger partial charge in [-0.3, -0.25) is 4.90 Å². The molecule has 0 unspecified atom stereocenters. The van der Waals surface area contributed by atoms with Gasteiger partial charge >= 0.3 is 0 Å². The summed E-state index contributed by atoms with van der Waals surface area (Å²) in [5.41, 5.74) is 2.36. The van der Waals surface area contributed by atoms with Crippen LogP contribution in [0.3, 0.4) is 0 Å². The fourth-order valence-electron chi connectivity index (χ4n) is 2.21. The average molecular weight is 243 g/mol. The van der Waals surface area contributed by atoms with Crippen molar-refractivity contribution in [3.8, 4) is 11.8 Å². The summed E-state index contributed by atoms with van der Waals surface area (Å²) < 4.78 is 0. The number of hydrogen-bond acceptors (Lipinski definition) is 2. The molecular formula is C16H21NO. The molecule has 96 valence electrons. The van der Waals surface area contributed by atoms with E-state index in [0.717, 1.165) is 18.2 Å². The van der Waals surface area contributed by atoms with Crippen molar-refractivity contribution in [2.75, 3.05) is 13.7 Å². The summed E-state index contributed by atoms with van der Waals surface area (Å²) in [5.74, 6) is 6.05. The number of hydrogen-bond donors (Lipinski definition) is 1. The normalized spacial score (nSPS) is 15.1. The van der Waals surface area contributed by atoms with E-state index in [4.69, 9.17) is 5.11 Å². The topological polar surface area (TPSA) is 23.5 Å². The van der Waals surface area contributed by atoms with Gasteiger partial charge in [-0.15, -0.1) is 0 Å². The summed E-state index contributed by atoms with van der Waals surface area (Å²) in [6.45, 7) is 1.14. The van der Waals surface area contributed by atoms with Crippen LogP contribution in [0.4, 0.5) is 0 Å². The molecule has 0 heterocycles. The van der Waals surface area contributed by atoms with Gasteiger partial charge in [0, 0.05) is 24.6 Å². The van der Waals surface area contributed by atoms with E-state index < -0.39 is 0 Å². The van der Waals surface area contributed by atoms with Crippen LogP contribution in [0.5, 0.6) is 0 Å². The van der Waals surface area contributed by atoms with Gasteiger partial charge in [-0.25, -0.2) is 0 Å². The first-order chi connectivity index (χ1) is 8.79. The van der Waals surface area contributed by atoms with Gasteiger partial charge in [0.05, 0.1) is 6.61 Å². The maximum absolute atomic E-state index is 8.70. The Morgan fingerprint density at radius 2 is 2.22 bits per heavy atom. The van der Waals surface area contributed by atoms with E-state index in [2.05, 4.69) is 42.0 Å². The SMILES string of the molecule is CN(Cc1cccc(C#CCCO)c1)C1CCC1. The molecule has 18 heavy (non-hydrogen) atoms. The monoisotopic (exact) mass is 243 g/mol. The number of aliphatic hydroxyl groups is 1. The molecule has 2 nitrogen and oxygen atoms in total. The fraction of sp³-hybridized carbons (Fsp3) is 0.500. The second-order valence-electron chi connectivity index (χ2n) is 4.98. The van der Waals surface area contributed by atoms with Crippen molar-refractivity contribution >= 4 is 0 Å². The third-order valence-electron chi connectivity index (χ3n) is 3.53. The zero-order valence-corrected chi connectivity index (χ0v) is 11.0. The number of aliphatic hydroxyl groups excluding tert-OH is 1. The first kappa shape index (κ1) is 13.1. The quantitative estimate of drug-likeness (QED) is 0.821. The molecule has 2 heteroatoms. The van der Waals surface area contributed by atoms with E-state index in [0.29, 0.717) is 6.42 Å². The largest absolute Gasteiger partial charge is 0.395 e. The molecule has 1 aliphatic carbocycles. The molecule has 1 aromatic rings. The molecule has 1 N–H and O–H groups in total. The predicted molar refractivity (Wildman–Crippen MR) is 74.1 cm³/mol. The van der Waals surface area contributed by atoms with Gasteiger partial charge in [-0.2, -0.15) is 0 Å². The highest BCUT2D eigenvalue weighted by molar-refractivity contribution is 5.37. The van der Waals surface area contributed by atoms with Crippen molar-refractivity contribution < 1.29 is 5.11 Å². The molecule has 1 aliphatic rings. The molecule has 1 saturated carbocycles. The Balaban J connectivity index is 1.96. The lowest BCUT2D eigenvalue weighted by Crippen LogP contribution is -2.36. The van der Waals surface area contributed by atoms with Crippen LogP contribution >= 0.6 is 0 Å². The molecule has 2 rings (SSSR count). The zero-order chi connectivity index (χ0) is 12.8. The molecule has 0 aromatic heterocycles. The predicted octanol–water partition coefficient (Wildman–Crippen LogP) is 2.40. The minimum atomic E-state index is 0.136. The van der Waals surface area contributed by atoms with Crippen LogP contribution in [-0.2, 0) is 6.54 Å². The highest BCUT2D eigenvalue weighted by Gasteiger charge is 2.21. The molecule has 0 aliphatic heterocycles. The van der Waals surface area contributed by atoms with Crippen molar-refractivity contribution in [2.45, 2.75) is 38.3 Å². The Bertz CT molecular complexity index is 440. The van der Waals surface area contributed by atoms with Gasteiger partial charge < -0.3 is 5.11 Å². The maximum Gasteiger partial charge on any atom is 0.0540 e. The lowest BCUT2D eigenvalue weighted by molar-refractivity contribution is 0.152. The molecule has 0 atom stereocenters. The Labute approximate surface area is 110 Å². The Kier molecular flexibility index (Phi) is 4.81. The van der Waals surface area contributed by atoms with Crippen LogP contribution in [0.15, 0.2) is 24.3 Å². The van der Waals surface area contributed by atoms with Crippen molar-refractivity contribution in [1.82, 2.24) is 4.90 Å². The lowest BCUT2D eigenvalue weighted by Gasteiger charge is -2.34. The molecule has 0 amide bonds. The summed E-state index contributed by atoms with van der Waals surface area (Å²) in [5, 5.41) is 8.70. The van der Waals surface area contributed by atoms with E-state index in [1.54, 1.807) is 0 Å². The van der Waals surface area contributed by atoms with E-state index in [-0.39, 0.29) is 6.61 Å². The average Bonchev–Trinajstić information content (AvgIpc) is 2.27. The summed E-state index contributed by atoms with van der Waals surface area (Å²) in [4.78, 5) is 2.43. The summed E-state index contributed by atoms with van der Waals surface area (Å²) >= 11 is 0. The highest BCUT2D eigenvalue weighted by atomic mass is 16.2. The molecule has 0 bridgehead atoms. The summed E-state index contributed by atoms with van der Waals surface area (Å²) in [6, 6.07) is 9.17. The number of nitrogens with zero attached hydrogens (tertiary/aromatic N) is 1. The fourth-order valence-corrected chi connectivity index (χ4v) is 2.21. The first-order valence-electron chi connectivity index (χ1n) is 6.68. The standard InChI is InChI=1S/C16H21NO/c1-17(16-9-5-10-16)13-15-8-4-7-14(12-15)6-2-3-11-18/h4,7-8,12,16,18H,3,5,9-11,13H2,1H3. The molecule has 0 spiro atoms. The van der Waals surface area contributed by atoms with Crippen LogP contribution in [0.2, 0.25) is 0 Å². The molecule has 1 aromatic carbocycles. The van der Waals surface area contributed by atoms with Crippen molar-refractivity contribution in [3.05, 3.63) is 35.4 Å². The highest BCUT2D eigenvalue weighted by Crippen LogP contribution is 2.24. The van der Waals surface area contributed by atoms with Crippen LogP contribution < -0.4 is 0 Å². The van der Waals surface area contributed by atoms with Crippen molar-refractivity contribution in [3.63, 3.8) is 0 Å². The number of benzene rings is 1. The van der Waals surface area contributed by atoms with Gasteiger partial charge in [0.15, 0.2) is 0 Å². The zero-order valence-electron chi connectivity index (χ0n) is 11.0. The van der Waals surface area contributed by atoms with E-state index in [9.17, 15) is 0 Å². The third kappa shape index (κ3) is 3.60. The van der Waals surface area contributed by atoms with Gasteiger partial charge in [0.1, 0.15) is 0 Å². The first-order valence-corrected chi connectivity index (χ1v) is 6.68. The molecular weight excluding hydrogens is 222 g/mol. The van der Waals surface area contributed by atoms with E-state index >= 15 is 0 Å². The van der Waals surface area contributed by atoms with Gasteiger partial charge in [0.2, 0.25) is 0 Å². The van der Waals surface area contributed by atoms with Gasteiger partial charge in [-0.05, 0) is 37.6 Å². The molecule has 0 saturated heterocycles. The van der Waals surface area contributed by atoms with Crippen LogP contribution in [0.25, 0.3) is 0 Å². The maximum atomic E-state index is 8.70. The second kappa shape index (κ2) is 6.58. The van der Waals surface area contributed by atoms with E-state index in [1.807, 2.05) is 6.07 Å². The minimum Gasteiger partial charge on any atom is -0.395 e. The van der Waals surface area contributed by atoms with E-state index in [1.165, 1.54) is 24.8 Å². The number of rotatable bonds is 4. The van der Waals surface area contributed by atoms with Crippen LogP contribution in [0.1, 0.15) is 36.8 Å². The molecule has 0 radical (unpaired) electrons. The van der Waals surface area contributed by atoms with Gasteiger partial charge in [-0.1, -0.05) is 30.4 Å². The Morgan fingerprint density at radius 1 is 1.39 bits per heavy atom. The lowest BCUT2D eigenvalue weighted by atomic mass is 9.91. The second-order valence-corrected chi connectivity index (χ2v) is 4.98. The van der Waals surface area contributed by atoms with Gasteiger partial charge in [0.25, 0.3) is 0 Å². The Morgan fingerprint density at radius 3 is 2.89 bits per heavy atom. The third-order valence-corrected chi connectivity index (χ3v) is 3.53. The summed E-state index contributed by atoms with van der Waals surface area (Å²) in [6.07, 6.45) is 4.60. The Hall–Kier alpha value is -1.30. The smallest absolute Gasteiger partial charge is 0.0540 e. The van der Waals surface area contributed by atoms with Crippen molar-refractivity contribution in [2.24, 2.45) is 0 Å².